The maximum atomic E-state index is 12.9. The van der Waals surface area contributed by atoms with Gasteiger partial charge in [0, 0.05) is 11.0 Å². The Hall–Kier alpha value is -1.18. The lowest BCUT2D eigenvalue weighted by Crippen LogP contribution is -2.14. The van der Waals surface area contributed by atoms with Crippen LogP contribution in [0.1, 0.15) is 36.5 Å². The molecule has 0 N–H and O–H groups in total. The van der Waals surface area contributed by atoms with Crippen LogP contribution in [-0.4, -0.2) is 5.78 Å². The first-order chi connectivity index (χ1) is 6.68. The third-order valence-electron chi connectivity index (χ3n) is 3.10. The summed E-state index contributed by atoms with van der Waals surface area (Å²) in [6.07, 6.45) is 2.78. The minimum Gasteiger partial charge on any atom is -0.294 e. The summed E-state index contributed by atoms with van der Waals surface area (Å²) in [5, 5.41) is 0. The van der Waals surface area contributed by atoms with Crippen molar-refractivity contribution in [3.8, 4) is 0 Å². The van der Waals surface area contributed by atoms with Crippen molar-refractivity contribution in [1.29, 1.82) is 0 Å². The van der Waals surface area contributed by atoms with Crippen LogP contribution in [0.15, 0.2) is 24.3 Å². The van der Waals surface area contributed by atoms with Crippen LogP contribution in [0.2, 0.25) is 0 Å². The summed E-state index contributed by atoms with van der Waals surface area (Å²) in [5.41, 5.74) is 0.359. The molecule has 0 bridgehead atoms. The number of halogens is 1. The average Bonchev–Trinajstić information content (AvgIpc) is 2.97. The quantitative estimate of drug-likeness (QED) is 0.672. The highest BCUT2D eigenvalue weighted by Gasteiger charge is 2.47. The smallest absolute Gasteiger partial charge is 0.169 e. The Bertz CT molecular complexity index is 366. The first-order valence-corrected chi connectivity index (χ1v) is 4.98. The highest BCUT2D eigenvalue weighted by molar-refractivity contribution is 6.02. The van der Waals surface area contributed by atoms with E-state index >= 15 is 0 Å². The van der Waals surface area contributed by atoms with E-state index in [1.165, 1.54) is 12.1 Å². The average molecular weight is 192 g/mol. The summed E-state index contributed by atoms with van der Waals surface area (Å²) in [6, 6.07) is 5.98. The zero-order valence-electron chi connectivity index (χ0n) is 8.22. The zero-order chi connectivity index (χ0) is 10.2. The molecule has 14 heavy (non-hydrogen) atoms. The number of carbonyl (C=O) groups is 1. The van der Waals surface area contributed by atoms with Gasteiger partial charge >= 0.3 is 0 Å². The van der Waals surface area contributed by atoms with Gasteiger partial charge in [-0.05, 0) is 31.4 Å². The van der Waals surface area contributed by atoms with E-state index in [1.807, 2.05) is 6.92 Å². The highest BCUT2D eigenvalue weighted by Crippen LogP contribution is 2.50. The van der Waals surface area contributed by atoms with Gasteiger partial charge in [0.15, 0.2) is 5.78 Å². The molecule has 0 spiro atoms. The van der Waals surface area contributed by atoms with Crippen molar-refractivity contribution in [1.82, 2.24) is 0 Å². The van der Waals surface area contributed by atoms with E-state index in [2.05, 4.69) is 0 Å². The van der Waals surface area contributed by atoms with Crippen LogP contribution < -0.4 is 0 Å². The zero-order valence-corrected chi connectivity index (χ0v) is 8.22. The lowest BCUT2D eigenvalue weighted by Gasteiger charge is -2.10. The van der Waals surface area contributed by atoms with Gasteiger partial charge in [0.2, 0.25) is 0 Å². The number of rotatable bonds is 3. The number of benzene rings is 1. The molecule has 1 nitrogen and oxygen atoms in total. The van der Waals surface area contributed by atoms with E-state index < -0.39 is 0 Å². The molecule has 1 aromatic carbocycles. The van der Waals surface area contributed by atoms with E-state index in [9.17, 15) is 9.18 Å². The Morgan fingerprint density at radius 3 is 2.71 bits per heavy atom. The second-order valence-corrected chi connectivity index (χ2v) is 3.97. The van der Waals surface area contributed by atoms with E-state index in [1.54, 1.807) is 12.1 Å². The normalized spacial score (nSPS) is 17.9. The molecule has 1 fully saturated rings. The first kappa shape index (κ1) is 9.38. The van der Waals surface area contributed by atoms with Crippen LogP contribution >= 0.6 is 0 Å². The van der Waals surface area contributed by atoms with Crippen LogP contribution in [0.3, 0.4) is 0 Å². The molecule has 0 saturated heterocycles. The van der Waals surface area contributed by atoms with Crippen LogP contribution in [-0.2, 0) is 0 Å². The molecule has 1 aromatic rings. The van der Waals surface area contributed by atoms with Crippen molar-refractivity contribution in [2.24, 2.45) is 5.41 Å². The van der Waals surface area contributed by atoms with Gasteiger partial charge in [-0.3, -0.25) is 4.79 Å². The van der Waals surface area contributed by atoms with Crippen LogP contribution in [0.25, 0.3) is 0 Å². The van der Waals surface area contributed by atoms with Gasteiger partial charge in [-0.2, -0.15) is 0 Å². The predicted molar refractivity (Wildman–Crippen MR) is 52.7 cm³/mol. The number of ketones is 1. The third kappa shape index (κ3) is 1.45. The molecule has 0 heterocycles. The van der Waals surface area contributed by atoms with Gasteiger partial charge < -0.3 is 0 Å². The molecule has 1 saturated carbocycles. The van der Waals surface area contributed by atoms with Crippen LogP contribution in [0.4, 0.5) is 4.39 Å². The van der Waals surface area contributed by atoms with Crippen LogP contribution in [0.5, 0.6) is 0 Å². The monoisotopic (exact) mass is 192 g/mol. The minimum absolute atomic E-state index is 0.111. The number of carbonyl (C=O) groups excluding carboxylic acids is 1. The Morgan fingerprint density at radius 2 is 2.21 bits per heavy atom. The molecule has 1 aliphatic rings. The van der Waals surface area contributed by atoms with Crippen LogP contribution in [0, 0.1) is 11.2 Å². The molecule has 1 aliphatic carbocycles. The first-order valence-electron chi connectivity index (χ1n) is 4.98. The summed E-state index contributed by atoms with van der Waals surface area (Å²) in [4.78, 5) is 11.9. The van der Waals surface area contributed by atoms with E-state index in [0.717, 1.165) is 19.3 Å². The van der Waals surface area contributed by atoms with Crippen molar-refractivity contribution in [2.45, 2.75) is 26.2 Å². The number of Topliss-reactive ketones (excluding diaryl/α,β-unsaturated/α-hetero) is 1. The standard InChI is InChI=1S/C12H13FO/c1-2-12(6-7-12)11(14)9-4-3-5-10(13)8-9/h3-5,8H,2,6-7H2,1H3. The molecule has 74 valence electrons. The number of hydrogen-bond donors (Lipinski definition) is 0. The van der Waals surface area contributed by atoms with Gasteiger partial charge in [-0.1, -0.05) is 19.1 Å². The van der Waals surface area contributed by atoms with Gasteiger partial charge in [0.05, 0.1) is 0 Å². The SMILES string of the molecule is CCC1(C(=O)c2cccc(F)c2)CC1. The minimum atomic E-state index is -0.331. The molecule has 0 aromatic heterocycles. The fourth-order valence-corrected chi connectivity index (χ4v) is 1.83. The van der Waals surface area contributed by atoms with Crippen molar-refractivity contribution >= 4 is 5.78 Å². The molecule has 0 amide bonds. The predicted octanol–water partition coefficient (Wildman–Crippen LogP) is 3.20. The van der Waals surface area contributed by atoms with Crippen molar-refractivity contribution in [3.05, 3.63) is 35.6 Å². The van der Waals surface area contributed by atoms with Crippen molar-refractivity contribution in [2.75, 3.05) is 0 Å². The Labute approximate surface area is 82.9 Å². The highest BCUT2D eigenvalue weighted by atomic mass is 19.1. The lowest BCUT2D eigenvalue weighted by molar-refractivity contribution is 0.0896. The van der Waals surface area contributed by atoms with E-state index in [-0.39, 0.29) is 17.0 Å². The fraction of sp³-hybridized carbons (Fsp3) is 0.417. The largest absolute Gasteiger partial charge is 0.294 e. The van der Waals surface area contributed by atoms with Gasteiger partial charge in [-0.25, -0.2) is 4.39 Å². The van der Waals surface area contributed by atoms with Gasteiger partial charge in [0.25, 0.3) is 0 Å². The summed E-state index contributed by atoms with van der Waals surface area (Å²) in [7, 11) is 0. The van der Waals surface area contributed by atoms with E-state index in [0.29, 0.717) is 5.56 Å². The topological polar surface area (TPSA) is 17.1 Å². The summed E-state index contributed by atoms with van der Waals surface area (Å²) >= 11 is 0. The third-order valence-corrected chi connectivity index (χ3v) is 3.10. The van der Waals surface area contributed by atoms with Crippen molar-refractivity contribution in [3.63, 3.8) is 0 Å². The summed E-state index contributed by atoms with van der Waals surface area (Å²) in [6.45, 7) is 2.02. The lowest BCUT2D eigenvalue weighted by atomic mass is 9.92. The molecule has 0 atom stereocenters. The Kier molecular flexibility index (Phi) is 2.14. The molecule has 2 heteroatoms. The van der Waals surface area contributed by atoms with Gasteiger partial charge in [0.1, 0.15) is 5.82 Å². The van der Waals surface area contributed by atoms with Crippen molar-refractivity contribution < 1.29 is 9.18 Å². The Morgan fingerprint density at radius 1 is 1.50 bits per heavy atom. The summed E-state index contributed by atoms with van der Waals surface area (Å²) in [5.74, 6) is -0.220. The second-order valence-electron chi connectivity index (χ2n) is 3.97. The Balaban J connectivity index is 2.28. The summed E-state index contributed by atoms with van der Waals surface area (Å²) < 4.78 is 12.9. The molecule has 0 radical (unpaired) electrons. The molecular formula is C12H13FO. The molecule has 2 rings (SSSR count). The van der Waals surface area contributed by atoms with Gasteiger partial charge in [-0.15, -0.1) is 0 Å². The molecule has 0 unspecified atom stereocenters. The molecular weight excluding hydrogens is 179 g/mol. The maximum absolute atomic E-state index is 12.9. The number of hydrogen-bond acceptors (Lipinski definition) is 1. The second kappa shape index (κ2) is 3.19. The molecule has 0 aliphatic heterocycles. The fourth-order valence-electron chi connectivity index (χ4n) is 1.83. The van der Waals surface area contributed by atoms with E-state index in [4.69, 9.17) is 0 Å². The maximum Gasteiger partial charge on any atom is 0.169 e.